The van der Waals surface area contributed by atoms with E-state index in [2.05, 4.69) is 0 Å². The van der Waals surface area contributed by atoms with Crippen LogP contribution < -0.4 is 5.73 Å². The van der Waals surface area contributed by atoms with E-state index in [1.54, 1.807) is 4.90 Å². The highest BCUT2D eigenvalue weighted by Crippen LogP contribution is 2.43. The van der Waals surface area contributed by atoms with Crippen molar-refractivity contribution in [3.05, 3.63) is 0 Å². The first-order chi connectivity index (χ1) is 9.63. The van der Waals surface area contributed by atoms with Crippen molar-refractivity contribution < 1.29 is 18.0 Å². The van der Waals surface area contributed by atoms with Gasteiger partial charge in [0.15, 0.2) is 0 Å². The molecule has 0 bridgehead atoms. The third kappa shape index (κ3) is 4.07. The number of hydrogen-bond donors (Lipinski definition) is 1. The zero-order valence-corrected chi connectivity index (χ0v) is 14.0. The van der Waals surface area contributed by atoms with Crippen LogP contribution in [-0.2, 0) is 4.79 Å². The molecule has 7 heteroatoms. The molecule has 0 aromatic heterocycles. The van der Waals surface area contributed by atoms with Gasteiger partial charge < -0.3 is 10.6 Å². The fraction of sp³-hybridized carbons (Fsp3) is 0.933. The molecule has 2 rings (SSSR count). The molecule has 3 unspecified atom stereocenters. The molecule has 1 aliphatic carbocycles. The van der Waals surface area contributed by atoms with Crippen molar-refractivity contribution in [1.82, 2.24) is 4.90 Å². The third-order valence-electron chi connectivity index (χ3n) is 5.13. The second-order valence-corrected chi connectivity index (χ2v) is 7.18. The fourth-order valence-corrected chi connectivity index (χ4v) is 3.61. The second-order valence-electron chi connectivity index (χ2n) is 7.18. The summed E-state index contributed by atoms with van der Waals surface area (Å²) in [5.74, 6) is -2.70. The van der Waals surface area contributed by atoms with Crippen LogP contribution in [0.4, 0.5) is 13.2 Å². The van der Waals surface area contributed by atoms with Crippen molar-refractivity contribution in [2.45, 2.75) is 58.2 Å². The molecule has 0 aromatic rings. The van der Waals surface area contributed by atoms with E-state index in [0.29, 0.717) is 38.8 Å². The van der Waals surface area contributed by atoms with Gasteiger partial charge in [-0.2, -0.15) is 13.2 Å². The van der Waals surface area contributed by atoms with Crippen LogP contribution in [0.1, 0.15) is 46.0 Å². The van der Waals surface area contributed by atoms with E-state index in [9.17, 15) is 18.0 Å². The molecule has 0 spiro atoms. The van der Waals surface area contributed by atoms with Crippen LogP contribution in [0, 0.1) is 17.3 Å². The number of amides is 1. The normalized spacial score (nSPS) is 32.3. The number of alkyl halides is 3. The summed E-state index contributed by atoms with van der Waals surface area (Å²) in [5, 5.41) is 0. The summed E-state index contributed by atoms with van der Waals surface area (Å²) in [6.07, 6.45) is -1.92. The highest BCUT2D eigenvalue weighted by Gasteiger charge is 2.49. The molecule has 1 amide bonds. The van der Waals surface area contributed by atoms with E-state index < -0.39 is 18.0 Å². The average Bonchev–Trinajstić information content (AvgIpc) is 2.40. The number of rotatable bonds is 1. The topological polar surface area (TPSA) is 46.3 Å². The summed E-state index contributed by atoms with van der Waals surface area (Å²) in [6.45, 7) is 4.87. The Balaban J connectivity index is 0.00000242. The van der Waals surface area contributed by atoms with Crippen molar-refractivity contribution in [1.29, 1.82) is 0 Å². The minimum Gasteiger partial charge on any atom is -0.342 e. The van der Waals surface area contributed by atoms with Gasteiger partial charge in [-0.15, -0.1) is 12.4 Å². The van der Waals surface area contributed by atoms with Crippen molar-refractivity contribution in [2.24, 2.45) is 23.0 Å². The van der Waals surface area contributed by atoms with Gasteiger partial charge in [0.05, 0.1) is 5.92 Å². The maximum atomic E-state index is 13.1. The first kappa shape index (κ1) is 19.6. The van der Waals surface area contributed by atoms with Crippen molar-refractivity contribution in [2.75, 3.05) is 13.1 Å². The molecule has 2 aliphatic rings. The summed E-state index contributed by atoms with van der Waals surface area (Å²) in [6, 6.07) is -0.00804. The van der Waals surface area contributed by atoms with Gasteiger partial charge in [-0.25, -0.2) is 0 Å². The monoisotopic (exact) mass is 342 g/mol. The molecule has 3 nitrogen and oxygen atoms in total. The van der Waals surface area contributed by atoms with Gasteiger partial charge >= 0.3 is 6.18 Å². The quantitative estimate of drug-likeness (QED) is 0.794. The summed E-state index contributed by atoms with van der Waals surface area (Å²) >= 11 is 0. The molecule has 1 saturated carbocycles. The Kier molecular flexibility index (Phi) is 6.18. The van der Waals surface area contributed by atoms with Gasteiger partial charge in [0, 0.05) is 25.0 Å². The molecular formula is C15H26ClF3N2O. The molecule has 2 N–H and O–H groups in total. The summed E-state index contributed by atoms with van der Waals surface area (Å²) in [4.78, 5) is 14.2. The first-order valence-electron chi connectivity index (χ1n) is 7.74. The lowest BCUT2D eigenvalue weighted by atomic mass is 9.76. The number of carbonyl (C=O) groups is 1. The van der Waals surface area contributed by atoms with Crippen LogP contribution >= 0.6 is 12.4 Å². The van der Waals surface area contributed by atoms with Gasteiger partial charge in [-0.05, 0) is 24.7 Å². The average molecular weight is 343 g/mol. The molecule has 22 heavy (non-hydrogen) atoms. The Morgan fingerprint density at radius 3 is 2.32 bits per heavy atom. The molecule has 1 aliphatic heterocycles. The number of halogens is 4. The molecular weight excluding hydrogens is 317 g/mol. The van der Waals surface area contributed by atoms with Gasteiger partial charge in [0.2, 0.25) is 5.91 Å². The van der Waals surface area contributed by atoms with E-state index in [0.717, 1.165) is 0 Å². The molecule has 1 heterocycles. The van der Waals surface area contributed by atoms with E-state index >= 15 is 0 Å². The van der Waals surface area contributed by atoms with E-state index in [4.69, 9.17) is 5.73 Å². The van der Waals surface area contributed by atoms with Crippen LogP contribution in [0.2, 0.25) is 0 Å². The SMILES string of the molecule is CC1(C)CN(C(=O)C2CCCCC2C(F)(F)F)CCC1N.Cl. The van der Waals surface area contributed by atoms with E-state index in [-0.39, 0.29) is 36.2 Å². The number of nitrogens with two attached hydrogens (primary N) is 1. The maximum Gasteiger partial charge on any atom is 0.392 e. The Labute approximate surface area is 136 Å². The lowest BCUT2D eigenvalue weighted by molar-refractivity contribution is -0.201. The summed E-state index contributed by atoms with van der Waals surface area (Å²) < 4.78 is 39.4. The smallest absolute Gasteiger partial charge is 0.342 e. The molecule has 0 aromatic carbocycles. The lowest BCUT2D eigenvalue weighted by Crippen LogP contribution is -2.56. The van der Waals surface area contributed by atoms with Crippen molar-refractivity contribution >= 4 is 18.3 Å². The first-order valence-corrected chi connectivity index (χ1v) is 7.74. The standard InChI is InChI=1S/C15H25F3N2O.ClH/c1-14(2)9-20(8-7-12(14)19)13(21)10-5-3-4-6-11(10)15(16,17)18;/h10-12H,3-9,19H2,1-2H3;1H. The molecule has 2 fully saturated rings. The predicted molar refractivity (Wildman–Crippen MR) is 81.7 cm³/mol. The van der Waals surface area contributed by atoms with Crippen LogP contribution in [-0.4, -0.2) is 36.1 Å². The van der Waals surface area contributed by atoms with Crippen LogP contribution in [0.25, 0.3) is 0 Å². The lowest BCUT2D eigenvalue weighted by Gasteiger charge is -2.45. The largest absolute Gasteiger partial charge is 0.392 e. The highest BCUT2D eigenvalue weighted by molar-refractivity contribution is 5.85. The molecule has 3 atom stereocenters. The van der Waals surface area contributed by atoms with E-state index in [1.807, 2.05) is 13.8 Å². The number of hydrogen-bond acceptors (Lipinski definition) is 2. The van der Waals surface area contributed by atoms with Crippen LogP contribution in [0.15, 0.2) is 0 Å². The maximum absolute atomic E-state index is 13.1. The Bertz CT molecular complexity index is 401. The molecule has 1 saturated heterocycles. The number of carbonyl (C=O) groups excluding carboxylic acids is 1. The number of piperidine rings is 1. The Morgan fingerprint density at radius 1 is 1.18 bits per heavy atom. The van der Waals surface area contributed by atoms with Crippen LogP contribution in [0.5, 0.6) is 0 Å². The van der Waals surface area contributed by atoms with Gasteiger partial charge in [0.25, 0.3) is 0 Å². The summed E-state index contributed by atoms with van der Waals surface area (Å²) in [5.41, 5.74) is 5.79. The van der Waals surface area contributed by atoms with Gasteiger partial charge in [0.1, 0.15) is 0 Å². The van der Waals surface area contributed by atoms with Crippen LogP contribution in [0.3, 0.4) is 0 Å². The minimum atomic E-state index is -4.28. The molecule has 130 valence electrons. The number of nitrogens with zero attached hydrogens (tertiary/aromatic N) is 1. The fourth-order valence-electron chi connectivity index (χ4n) is 3.61. The number of likely N-dealkylation sites (tertiary alicyclic amines) is 1. The Morgan fingerprint density at radius 2 is 1.77 bits per heavy atom. The highest BCUT2D eigenvalue weighted by atomic mass is 35.5. The van der Waals surface area contributed by atoms with Crippen molar-refractivity contribution in [3.63, 3.8) is 0 Å². The van der Waals surface area contributed by atoms with Gasteiger partial charge in [-0.3, -0.25) is 4.79 Å². The minimum absolute atomic E-state index is 0. The predicted octanol–water partition coefficient (Wildman–Crippen LogP) is 3.36. The molecule has 0 radical (unpaired) electrons. The Hall–Kier alpha value is -0.490. The van der Waals surface area contributed by atoms with Crippen molar-refractivity contribution in [3.8, 4) is 0 Å². The van der Waals surface area contributed by atoms with Gasteiger partial charge in [-0.1, -0.05) is 26.7 Å². The van der Waals surface area contributed by atoms with E-state index in [1.165, 1.54) is 0 Å². The second kappa shape index (κ2) is 6.95. The third-order valence-corrected chi connectivity index (χ3v) is 5.13. The zero-order valence-electron chi connectivity index (χ0n) is 13.2. The summed E-state index contributed by atoms with van der Waals surface area (Å²) in [7, 11) is 0. The zero-order chi connectivity index (χ0) is 15.8.